The number of aromatic nitrogens is 10. The molecule has 7 aromatic heterocycles. The molecule has 9 heterocycles. The minimum Gasteiger partial charge on any atom is -0.323 e. The number of anilines is 2. The minimum absolute atomic E-state index is 0.261. The Morgan fingerprint density at radius 1 is 0.603 bits per heavy atom. The standard InChI is InChI=1S/C25H30N8O2S.C18H20ClN5O2S/c1-18(2)19-13-25(31-27-15-19)30-24-5-4-22-23(29-24)12-20(14-26-22)21-16-28-33(17-21)7-3-6-32-8-10-36(34,35)11-9-32;19-18-3-2-16-17(22-18)10-14(11-20-16)15-12-21-24(13-15)5-1-4-23-6-8-27(25,26)9-7-23/h4-5,12-18H,3,6-11H2,1-2H3,(H,29,30,31);2-3,10-13H,1,4-9H2. The maximum absolute atomic E-state index is 11.6. The largest absolute Gasteiger partial charge is 0.323 e. The minimum atomic E-state index is -2.84. The number of hydrogen-bond acceptors (Lipinski definition) is 15. The quantitative estimate of drug-likeness (QED) is 0.141. The van der Waals surface area contributed by atoms with E-state index in [1.807, 2.05) is 82.9 Å². The zero-order valence-electron chi connectivity index (χ0n) is 35.3. The fourth-order valence-electron chi connectivity index (χ4n) is 7.39. The summed E-state index contributed by atoms with van der Waals surface area (Å²) in [6.07, 6.45) is 14.9. The van der Waals surface area contributed by atoms with Crippen molar-refractivity contribution in [1.29, 1.82) is 0 Å². The lowest BCUT2D eigenvalue weighted by atomic mass is 10.1. The van der Waals surface area contributed by atoms with E-state index in [2.05, 4.69) is 64.3 Å². The van der Waals surface area contributed by atoms with Crippen LogP contribution in [0.4, 0.5) is 11.6 Å². The molecule has 0 aliphatic carbocycles. The van der Waals surface area contributed by atoms with E-state index in [0.717, 1.165) is 88.9 Å². The van der Waals surface area contributed by atoms with Gasteiger partial charge in [-0.05, 0) is 79.9 Å². The zero-order valence-corrected chi connectivity index (χ0v) is 37.6. The lowest BCUT2D eigenvalue weighted by Gasteiger charge is -2.26. The number of sulfone groups is 2. The number of hydrogen-bond donors (Lipinski definition) is 1. The number of pyridine rings is 4. The third-order valence-corrected chi connectivity index (χ3v) is 14.6. The van der Waals surface area contributed by atoms with Crippen molar-refractivity contribution in [2.75, 3.05) is 67.6 Å². The molecule has 7 aromatic rings. The SMILES string of the molecule is CC(C)c1cnnc(Nc2ccc3ncc(-c4cnn(CCCN5CCS(=O)(=O)CC5)c4)cc3n2)c1.O=S1(=O)CCN(CCCn2cc(-c3cnc4ccc(Cl)nc4c3)cn2)CC1. The summed E-state index contributed by atoms with van der Waals surface area (Å²) in [7, 11) is -5.66. The van der Waals surface area contributed by atoms with Crippen molar-refractivity contribution in [3.05, 3.63) is 96.6 Å². The van der Waals surface area contributed by atoms with Crippen molar-refractivity contribution in [3.8, 4) is 22.3 Å². The van der Waals surface area contributed by atoms with Crippen LogP contribution in [-0.4, -0.2) is 139 Å². The summed E-state index contributed by atoms with van der Waals surface area (Å²) in [4.78, 5) is 22.5. The fraction of sp³-hybridized carbons (Fsp3) is 0.395. The molecular formula is C43H50ClN13O4S2. The van der Waals surface area contributed by atoms with Crippen molar-refractivity contribution in [2.45, 2.75) is 45.7 Å². The molecule has 0 atom stereocenters. The van der Waals surface area contributed by atoms with Gasteiger partial charge in [0.2, 0.25) is 0 Å². The summed E-state index contributed by atoms with van der Waals surface area (Å²) in [6, 6.07) is 13.4. The van der Waals surface area contributed by atoms with Crippen LogP contribution < -0.4 is 5.32 Å². The lowest BCUT2D eigenvalue weighted by molar-refractivity contribution is 0.283. The van der Waals surface area contributed by atoms with Gasteiger partial charge < -0.3 is 15.1 Å². The van der Waals surface area contributed by atoms with E-state index in [1.54, 1.807) is 12.3 Å². The zero-order chi connectivity index (χ0) is 44.0. The van der Waals surface area contributed by atoms with Gasteiger partial charge >= 0.3 is 0 Å². The highest BCUT2D eigenvalue weighted by molar-refractivity contribution is 7.91. The molecule has 2 saturated heterocycles. The van der Waals surface area contributed by atoms with Crippen molar-refractivity contribution in [3.63, 3.8) is 0 Å². The highest BCUT2D eigenvalue weighted by Gasteiger charge is 2.22. The Kier molecular flexibility index (Phi) is 13.7. The van der Waals surface area contributed by atoms with Gasteiger partial charge in [0.05, 0.1) is 63.7 Å². The Balaban J connectivity index is 0.000000180. The summed E-state index contributed by atoms with van der Waals surface area (Å²) < 4.78 is 49.9. The van der Waals surface area contributed by atoms with Gasteiger partial charge in [0, 0.05) is 86.3 Å². The van der Waals surface area contributed by atoms with E-state index >= 15 is 0 Å². The highest BCUT2D eigenvalue weighted by atomic mass is 35.5. The second-order valence-electron chi connectivity index (χ2n) is 16.2. The van der Waals surface area contributed by atoms with Crippen molar-refractivity contribution in [2.24, 2.45) is 0 Å². The van der Waals surface area contributed by atoms with Gasteiger partial charge in [-0.2, -0.15) is 15.3 Å². The predicted molar refractivity (Wildman–Crippen MR) is 245 cm³/mol. The van der Waals surface area contributed by atoms with Crippen LogP contribution in [0.5, 0.6) is 0 Å². The molecule has 330 valence electrons. The molecule has 0 spiro atoms. The Morgan fingerprint density at radius 3 is 1.67 bits per heavy atom. The molecule has 2 aliphatic rings. The molecule has 0 aromatic carbocycles. The summed E-state index contributed by atoms with van der Waals surface area (Å²) >= 11 is 5.97. The van der Waals surface area contributed by atoms with Gasteiger partial charge in [-0.1, -0.05) is 25.4 Å². The van der Waals surface area contributed by atoms with Gasteiger partial charge in [-0.25, -0.2) is 26.8 Å². The Labute approximate surface area is 371 Å². The first-order valence-electron chi connectivity index (χ1n) is 21.0. The molecule has 0 saturated carbocycles. The second kappa shape index (κ2) is 19.5. The fourth-order valence-corrected chi connectivity index (χ4v) is 10.1. The number of nitrogens with one attached hydrogen (secondary N) is 1. The van der Waals surface area contributed by atoms with Crippen LogP contribution in [0.15, 0.2) is 85.8 Å². The molecule has 1 N–H and O–H groups in total. The number of nitrogens with zero attached hydrogens (tertiary/aromatic N) is 12. The van der Waals surface area contributed by atoms with E-state index in [4.69, 9.17) is 16.6 Å². The molecule has 9 rings (SSSR count). The molecule has 0 amide bonds. The maximum Gasteiger partial charge on any atom is 0.154 e. The van der Waals surface area contributed by atoms with Crippen LogP contribution in [0, 0.1) is 0 Å². The van der Waals surface area contributed by atoms with Gasteiger partial charge in [0.1, 0.15) is 11.0 Å². The van der Waals surface area contributed by atoms with Crippen LogP contribution in [0.1, 0.15) is 38.2 Å². The summed E-state index contributed by atoms with van der Waals surface area (Å²) in [6.45, 7) is 10.0. The van der Waals surface area contributed by atoms with E-state index in [9.17, 15) is 16.8 Å². The first-order chi connectivity index (χ1) is 30.3. The third kappa shape index (κ3) is 12.0. The molecular weight excluding hydrogens is 862 g/mol. The normalized spacial score (nSPS) is 16.6. The first-order valence-corrected chi connectivity index (χ1v) is 25.1. The van der Waals surface area contributed by atoms with Crippen LogP contribution in [0.25, 0.3) is 44.3 Å². The molecule has 2 fully saturated rings. The smallest absolute Gasteiger partial charge is 0.154 e. The second-order valence-corrected chi connectivity index (χ2v) is 21.2. The summed E-state index contributed by atoms with van der Waals surface area (Å²) in [5.74, 6) is 2.76. The number of fused-ring (bicyclic) bond motifs is 2. The van der Waals surface area contributed by atoms with Crippen LogP contribution in [0.2, 0.25) is 5.15 Å². The van der Waals surface area contributed by atoms with Crippen molar-refractivity contribution >= 4 is 65.0 Å². The Hall–Kier alpha value is -5.47. The average molecular weight is 913 g/mol. The van der Waals surface area contributed by atoms with Crippen molar-refractivity contribution < 1.29 is 16.8 Å². The molecule has 0 unspecified atom stereocenters. The average Bonchev–Trinajstić information content (AvgIpc) is 3.95. The Morgan fingerprint density at radius 2 is 1.13 bits per heavy atom. The third-order valence-electron chi connectivity index (χ3n) is 11.2. The summed E-state index contributed by atoms with van der Waals surface area (Å²) in [5.41, 5.74) is 8.11. The predicted octanol–water partition coefficient (Wildman–Crippen LogP) is 5.54. The van der Waals surface area contributed by atoms with Gasteiger partial charge in [-0.15, -0.1) is 5.10 Å². The van der Waals surface area contributed by atoms with E-state index < -0.39 is 19.7 Å². The number of halogens is 1. The molecule has 0 radical (unpaired) electrons. The van der Waals surface area contributed by atoms with Crippen LogP contribution in [-0.2, 0) is 32.8 Å². The number of rotatable bonds is 13. The first kappa shape index (κ1) is 44.1. The van der Waals surface area contributed by atoms with E-state index in [0.29, 0.717) is 48.9 Å². The molecule has 63 heavy (non-hydrogen) atoms. The monoisotopic (exact) mass is 911 g/mol. The van der Waals surface area contributed by atoms with Crippen molar-refractivity contribution in [1.82, 2.24) is 59.5 Å². The number of aryl methyl sites for hydroxylation is 2. The van der Waals surface area contributed by atoms with E-state index in [-0.39, 0.29) is 23.0 Å². The lowest BCUT2D eigenvalue weighted by Crippen LogP contribution is -2.40. The van der Waals surface area contributed by atoms with Gasteiger partial charge in [0.25, 0.3) is 0 Å². The topological polar surface area (TPSA) is 200 Å². The van der Waals surface area contributed by atoms with E-state index in [1.165, 1.54) is 0 Å². The molecule has 2 aliphatic heterocycles. The molecule has 20 heteroatoms. The summed E-state index contributed by atoms with van der Waals surface area (Å²) in [5, 5.41) is 20.9. The molecule has 17 nitrogen and oxygen atoms in total. The van der Waals surface area contributed by atoms with Crippen LogP contribution in [0.3, 0.4) is 0 Å². The highest BCUT2D eigenvalue weighted by Crippen LogP contribution is 2.25. The maximum atomic E-state index is 11.6. The van der Waals surface area contributed by atoms with Gasteiger partial charge in [0.15, 0.2) is 25.5 Å². The van der Waals surface area contributed by atoms with Gasteiger partial charge in [-0.3, -0.25) is 19.3 Å². The molecule has 0 bridgehead atoms. The Bertz CT molecular complexity index is 2900. The van der Waals surface area contributed by atoms with Crippen LogP contribution >= 0.6 is 11.6 Å².